The monoisotopic (exact) mass is 399 g/mol. The molecule has 0 unspecified atom stereocenters. The summed E-state index contributed by atoms with van der Waals surface area (Å²) in [5, 5.41) is 0.799. The molecule has 0 aliphatic carbocycles. The Morgan fingerprint density at radius 3 is 2.59 bits per heavy atom. The number of unbranched alkanes of at least 4 members (excludes halogenated alkanes) is 1. The van der Waals surface area contributed by atoms with Crippen molar-refractivity contribution in [2.24, 2.45) is 0 Å². The molecule has 29 heavy (non-hydrogen) atoms. The van der Waals surface area contributed by atoms with Gasteiger partial charge in [-0.3, -0.25) is 4.79 Å². The molecule has 0 radical (unpaired) electrons. The van der Waals surface area contributed by atoms with E-state index >= 15 is 0 Å². The highest BCUT2D eigenvalue weighted by Crippen LogP contribution is 2.33. The highest BCUT2D eigenvalue weighted by molar-refractivity contribution is 5.88. The molecule has 1 N–H and O–H groups in total. The fourth-order valence-corrected chi connectivity index (χ4v) is 2.91. The van der Waals surface area contributed by atoms with E-state index in [9.17, 15) is 4.79 Å². The minimum absolute atomic E-state index is 0.242. The van der Waals surface area contributed by atoms with Crippen LogP contribution in [0.5, 0.6) is 17.2 Å². The molecule has 0 spiro atoms. The lowest BCUT2D eigenvalue weighted by atomic mass is 10.1. The summed E-state index contributed by atoms with van der Waals surface area (Å²) in [7, 11) is 1.60. The van der Waals surface area contributed by atoms with Gasteiger partial charge < -0.3 is 19.2 Å². The largest absolute Gasteiger partial charge is 0.497 e. The van der Waals surface area contributed by atoms with Crippen LogP contribution in [0, 0.1) is 0 Å². The second-order valence-corrected chi connectivity index (χ2v) is 7.41. The molecule has 0 fully saturated rings. The zero-order chi connectivity index (χ0) is 21.2. The fraction of sp³-hybridized carbons (Fsp3) is 0.458. The molecular formula is C24H33NO4. The maximum absolute atomic E-state index is 12.6. The van der Waals surface area contributed by atoms with Crippen molar-refractivity contribution in [3.63, 3.8) is 0 Å². The van der Waals surface area contributed by atoms with Gasteiger partial charge in [0.05, 0.1) is 19.2 Å². The van der Waals surface area contributed by atoms with Crippen molar-refractivity contribution >= 4 is 10.9 Å². The Morgan fingerprint density at radius 2 is 1.90 bits per heavy atom. The van der Waals surface area contributed by atoms with E-state index in [0.717, 1.165) is 31.1 Å². The number of fused-ring (bicyclic) bond motifs is 1. The third-order valence-electron chi connectivity index (χ3n) is 4.63. The normalized spacial score (nSPS) is 11.4. The predicted molar refractivity (Wildman–Crippen MR) is 119 cm³/mol. The van der Waals surface area contributed by atoms with Gasteiger partial charge in [-0.05, 0) is 58.2 Å². The standard InChI is InChI=1S/C24H33NO4/c1-6-7-14-28-23-22(29-15-13-18(4)10-8-9-17(2)3)20-12-11-19(27-5)16-21(20)25-24(23)26/h9,11-13,16H,6-8,10,14-15H2,1-5H3,(H,25,26)/b18-13+. The van der Waals surface area contributed by atoms with E-state index < -0.39 is 0 Å². The lowest BCUT2D eigenvalue weighted by molar-refractivity contribution is 0.277. The molecule has 0 aliphatic rings. The van der Waals surface area contributed by atoms with Crippen molar-refractivity contribution in [2.75, 3.05) is 20.3 Å². The highest BCUT2D eigenvalue weighted by atomic mass is 16.5. The van der Waals surface area contributed by atoms with Crippen LogP contribution in [0.2, 0.25) is 0 Å². The highest BCUT2D eigenvalue weighted by Gasteiger charge is 2.16. The fourth-order valence-electron chi connectivity index (χ4n) is 2.91. The Bertz CT molecular complexity index is 920. The van der Waals surface area contributed by atoms with E-state index in [2.05, 4.69) is 44.8 Å². The van der Waals surface area contributed by atoms with Crippen molar-refractivity contribution in [1.29, 1.82) is 0 Å². The summed E-state index contributed by atoms with van der Waals surface area (Å²) < 4.78 is 17.1. The van der Waals surface area contributed by atoms with Gasteiger partial charge in [-0.25, -0.2) is 0 Å². The molecule has 1 heterocycles. The van der Waals surface area contributed by atoms with Crippen LogP contribution in [0.15, 0.2) is 46.3 Å². The number of methoxy groups -OCH3 is 1. The number of benzene rings is 1. The number of pyridine rings is 1. The molecule has 5 nitrogen and oxygen atoms in total. The summed E-state index contributed by atoms with van der Waals surface area (Å²) in [4.78, 5) is 15.5. The smallest absolute Gasteiger partial charge is 0.294 e. The zero-order valence-electron chi connectivity index (χ0n) is 18.3. The first kappa shape index (κ1) is 22.6. The minimum atomic E-state index is -0.291. The quantitative estimate of drug-likeness (QED) is 0.384. The van der Waals surface area contributed by atoms with Crippen molar-refractivity contribution in [1.82, 2.24) is 4.98 Å². The average Bonchev–Trinajstić information content (AvgIpc) is 2.68. The van der Waals surface area contributed by atoms with Crippen LogP contribution in [0.3, 0.4) is 0 Å². The number of allylic oxidation sites excluding steroid dienone is 3. The second-order valence-electron chi connectivity index (χ2n) is 7.41. The topological polar surface area (TPSA) is 60.6 Å². The number of hydrogen-bond acceptors (Lipinski definition) is 4. The van der Waals surface area contributed by atoms with Gasteiger partial charge in [0.2, 0.25) is 5.75 Å². The lowest BCUT2D eigenvalue weighted by Crippen LogP contribution is -2.14. The van der Waals surface area contributed by atoms with Gasteiger partial charge >= 0.3 is 0 Å². The molecule has 1 aromatic carbocycles. The Balaban J connectivity index is 2.28. The summed E-state index contributed by atoms with van der Waals surface area (Å²) in [5.74, 6) is 1.40. The molecule has 2 rings (SSSR count). The van der Waals surface area contributed by atoms with Crippen LogP contribution in [0.4, 0.5) is 0 Å². The third-order valence-corrected chi connectivity index (χ3v) is 4.63. The molecule has 0 saturated heterocycles. The zero-order valence-corrected chi connectivity index (χ0v) is 18.3. The number of aromatic amines is 1. The summed E-state index contributed by atoms with van der Waals surface area (Å²) in [6.07, 6.45) is 8.17. The third kappa shape index (κ3) is 6.70. The van der Waals surface area contributed by atoms with Gasteiger partial charge in [-0.15, -0.1) is 0 Å². The van der Waals surface area contributed by atoms with E-state index in [1.165, 1.54) is 11.1 Å². The number of rotatable bonds is 11. The average molecular weight is 400 g/mol. The Labute approximate surface area is 173 Å². The molecule has 2 aromatic rings. The van der Waals surface area contributed by atoms with Gasteiger partial charge in [0, 0.05) is 11.5 Å². The Hall–Kier alpha value is -2.69. The summed E-state index contributed by atoms with van der Waals surface area (Å²) >= 11 is 0. The maximum Gasteiger partial charge on any atom is 0.294 e. The second kappa shape index (κ2) is 11.3. The molecule has 5 heteroatoms. The van der Waals surface area contributed by atoms with Gasteiger partial charge in [0.15, 0.2) is 5.75 Å². The summed E-state index contributed by atoms with van der Waals surface area (Å²) in [6.45, 7) is 9.26. The van der Waals surface area contributed by atoms with E-state index in [1.54, 1.807) is 13.2 Å². The Kier molecular flexibility index (Phi) is 8.84. The van der Waals surface area contributed by atoms with Crippen molar-refractivity contribution in [3.8, 4) is 17.2 Å². The van der Waals surface area contributed by atoms with E-state index in [0.29, 0.717) is 30.2 Å². The van der Waals surface area contributed by atoms with Crippen LogP contribution >= 0.6 is 0 Å². The first-order valence-electron chi connectivity index (χ1n) is 10.2. The number of ether oxygens (including phenoxy) is 3. The van der Waals surface area contributed by atoms with Crippen LogP contribution in [0.1, 0.15) is 53.4 Å². The minimum Gasteiger partial charge on any atom is -0.497 e. The lowest BCUT2D eigenvalue weighted by Gasteiger charge is -2.14. The molecule has 0 aliphatic heterocycles. The van der Waals surface area contributed by atoms with Crippen LogP contribution in [-0.2, 0) is 0 Å². The van der Waals surface area contributed by atoms with E-state index in [4.69, 9.17) is 14.2 Å². The van der Waals surface area contributed by atoms with Crippen molar-refractivity contribution in [3.05, 3.63) is 51.9 Å². The van der Waals surface area contributed by atoms with Crippen LogP contribution in [0.25, 0.3) is 10.9 Å². The summed E-state index contributed by atoms with van der Waals surface area (Å²) in [6, 6.07) is 5.53. The number of H-pyrrole nitrogens is 1. The van der Waals surface area contributed by atoms with Gasteiger partial charge in [-0.1, -0.05) is 30.6 Å². The van der Waals surface area contributed by atoms with Gasteiger partial charge in [0.25, 0.3) is 5.56 Å². The van der Waals surface area contributed by atoms with E-state index in [1.807, 2.05) is 12.1 Å². The Morgan fingerprint density at radius 1 is 1.10 bits per heavy atom. The maximum atomic E-state index is 12.6. The molecule has 0 amide bonds. The molecule has 158 valence electrons. The summed E-state index contributed by atoms with van der Waals surface area (Å²) in [5.41, 5.74) is 2.96. The molecule has 0 saturated carbocycles. The van der Waals surface area contributed by atoms with Crippen molar-refractivity contribution in [2.45, 2.75) is 53.4 Å². The molecule has 0 atom stereocenters. The van der Waals surface area contributed by atoms with Crippen molar-refractivity contribution < 1.29 is 14.2 Å². The van der Waals surface area contributed by atoms with Crippen LogP contribution in [-0.4, -0.2) is 25.3 Å². The van der Waals surface area contributed by atoms with Crippen LogP contribution < -0.4 is 19.8 Å². The van der Waals surface area contributed by atoms with Gasteiger partial charge in [-0.2, -0.15) is 0 Å². The number of aromatic nitrogens is 1. The first-order valence-corrected chi connectivity index (χ1v) is 10.2. The number of nitrogens with one attached hydrogen (secondary N) is 1. The molecular weight excluding hydrogens is 366 g/mol. The molecule has 0 bridgehead atoms. The predicted octanol–water partition coefficient (Wildman–Crippen LogP) is 5.79. The number of hydrogen-bond donors (Lipinski definition) is 1. The molecule has 1 aromatic heterocycles. The van der Waals surface area contributed by atoms with E-state index in [-0.39, 0.29) is 11.3 Å². The van der Waals surface area contributed by atoms with Gasteiger partial charge in [0.1, 0.15) is 12.4 Å². The SMILES string of the molecule is CCCCOc1c(OC/C=C(\C)CCC=C(C)C)c2ccc(OC)cc2[nH]c1=O. The first-order chi connectivity index (χ1) is 14.0.